The molecule has 0 aromatic carbocycles. The lowest BCUT2D eigenvalue weighted by Gasteiger charge is -2.07. The molecule has 2 aromatic heterocycles. The van der Waals surface area contributed by atoms with Crippen molar-refractivity contribution in [2.75, 3.05) is 0 Å². The van der Waals surface area contributed by atoms with Gasteiger partial charge in [0.05, 0.1) is 5.69 Å². The van der Waals surface area contributed by atoms with Gasteiger partial charge in [-0.2, -0.15) is 10.4 Å². The van der Waals surface area contributed by atoms with Crippen molar-refractivity contribution in [3.05, 3.63) is 41.0 Å². The number of pyridine rings is 1. The molecule has 0 unspecified atom stereocenters. The summed E-state index contributed by atoms with van der Waals surface area (Å²) in [5, 5.41) is 12.9. The van der Waals surface area contributed by atoms with E-state index >= 15 is 0 Å². The summed E-state index contributed by atoms with van der Waals surface area (Å²) in [6.07, 6.45) is 1.17. The van der Waals surface area contributed by atoms with E-state index < -0.39 is 10.0 Å². The molecule has 110 valence electrons. The van der Waals surface area contributed by atoms with Crippen molar-refractivity contribution < 1.29 is 8.42 Å². The van der Waals surface area contributed by atoms with Gasteiger partial charge in [0.15, 0.2) is 0 Å². The largest absolute Gasteiger partial charge is 0.272 e. The maximum atomic E-state index is 12.2. The fourth-order valence-corrected chi connectivity index (χ4v) is 2.87. The van der Waals surface area contributed by atoms with E-state index in [1.807, 2.05) is 27.0 Å². The Balaban J connectivity index is 2.20. The molecule has 0 radical (unpaired) electrons. The van der Waals surface area contributed by atoms with Gasteiger partial charge in [0.1, 0.15) is 16.7 Å². The summed E-state index contributed by atoms with van der Waals surface area (Å²) >= 11 is 0. The van der Waals surface area contributed by atoms with Crippen LogP contribution in [-0.2, 0) is 23.6 Å². The molecule has 0 aliphatic rings. The highest BCUT2D eigenvalue weighted by molar-refractivity contribution is 7.89. The predicted molar refractivity (Wildman–Crippen MR) is 75.7 cm³/mol. The van der Waals surface area contributed by atoms with Gasteiger partial charge in [-0.1, -0.05) is 0 Å². The van der Waals surface area contributed by atoms with Crippen molar-refractivity contribution >= 4 is 10.0 Å². The molecule has 0 aliphatic heterocycles. The molecule has 21 heavy (non-hydrogen) atoms. The smallest absolute Gasteiger partial charge is 0.242 e. The van der Waals surface area contributed by atoms with Gasteiger partial charge in [0.2, 0.25) is 10.0 Å². The number of rotatable bonds is 4. The SMILES string of the molecule is Cc1nn(C)c(C)c1CNS(=O)(=O)c1ccc(C#N)nc1. The minimum Gasteiger partial charge on any atom is -0.272 e. The molecule has 2 rings (SSSR count). The van der Waals surface area contributed by atoms with E-state index in [0.717, 1.165) is 17.0 Å². The van der Waals surface area contributed by atoms with Crippen molar-refractivity contribution in [3.63, 3.8) is 0 Å². The van der Waals surface area contributed by atoms with E-state index in [4.69, 9.17) is 5.26 Å². The zero-order valence-corrected chi connectivity index (χ0v) is 12.8. The van der Waals surface area contributed by atoms with Gasteiger partial charge in [-0.3, -0.25) is 4.68 Å². The molecule has 0 bridgehead atoms. The molecule has 0 saturated carbocycles. The van der Waals surface area contributed by atoms with Crippen molar-refractivity contribution in [1.29, 1.82) is 5.26 Å². The first-order valence-electron chi connectivity index (χ1n) is 6.20. The fourth-order valence-electron chi connectivity index (χ4n) is 1.93. The van der Waals surface area contributed by atoms with Crippen LogP contribution in [0.4, 0.5) is 0 Å². The van der Waals surface area contributed by atoms with E-state index in [1.165, 1.54) is 18.3 Å². The van der Waals surface area contributed by atoms with Crippen LogP contribution in [0.2, 0.25) is 0 Å². The van der Waals surface area contributed by atoms with Gasteiger partial charge in [-0.05, 0) is 26.0 Å². The average molecular weight is 305 g/mol. The molecule has 2 aromatic rings. The highest BCUT2D eigenvalue weighted by atomic mass is 32.2. The van der Waals surface area contributed by atoms with E-state index in [9.17, 15) is 8.42 Å². The second-order valence-electron chi connectivity index (χ2n) is 4.59. The number of nitriles is 1. The van der Waals surface area contributed by atoms with Gasteiger partial charge in [-0.25, -0.2) is 18.1 Å². The topological polar surface area (TPSA) is 101 Å². The summed E-state index contributed by atoms with van der Waals surface area (Å²) < 4.78 is 28.6. The number of nitrogens with one attached hydrogen (secondary N) is 1. The van der Waals surface area contributed by atoms with Crippen molar-refractivity contribution in [2.24, 2.45) is 7.05 Å². The van der Waals surface area contributed by atoms with Gasteiger partial charge in [0.25, 0.3) is 0 Å². The first kappa shape index (κ1) is 15.2. The van der Waals surface area contributed by atoms with Crippen molar-refractivity contribution in [1.82, 2.24) is 19.5 Å². The van der Waals surface area contributed by atoms with E-state index in [0.29, 0.717) is 0 Å². The van der Waals surface area contributed by atoms with Crippen molar-refractivity contribution in [3.8, 4) is 6.07 Å². The molecule has 0 amide bonds. The maximum Gasteiger partial charge on any atom is 0.242 e. The van der Waals surface area contributed by atoms with Gasteiger partial charge in [0, 0.05) is 31.0 Å². The van der Waals surface area contributed by atoms with Gasteiger partial charge < -0.3 is 0 Å². The van der Waals surface area contributed by atoms with Crippen molar-refractivity contribution in [2.45, 2.75) is 25.3 Å². The highest BCUT2D eigenvalue weighted by Gasteiger charge is 2.17. The lowest BCUT2D eigenvalue weighted by Crippen LogP contribution is -2.24. The Labute approximate surface area is 123 Å². The molecule has 2 heterocycles. The number of nitrogens with zero attached hydrogens (tertiary/aromatic N) is 4. The summed E-state index contributed by atoms with van der Waals surface area (Å²) in [7, 11) is -1.86. The van der Waals surface area contributed by atoms with Crippen LogP contribution >= 0.6 is 0 Å². The summed E-state index contributed by atoms with van der Waals surface area (Å²) in [5.41, 5.74) is 2.72. The molecule has 7 nitrogen and oxygen atoms in total. The van der Waals surface area contributed by atoms with Gasteiger partial charge in [-0.15, -0.1) is 0 Å². The third-order valence-corrected chi connectivity index (χ3v) is 4.65. The quantitative estimate of drug-likeness (QED) is 0.899. The van der Waals surface area contributed by atoms with Crippen LogP contribution in [0.3, 0.4) is 0 Å². The van der Waals surface area contributed by atoms with E-state index in [2.05, 4.69) is 14.8 Å². The number of aryl methyl sites for hydroxylation is 2. The molecule has 0 spiro atoms. The predicted octanol–water partition coefficient (Wildman–Crippen LogP) is 0.782. The minimum atomic E-state index is -3.67. The van der Waals surface area contributed by atoms with Crippen LogP contribution in [-0.4, -0.2) is 23.2 Å². The highest BCUT2D eigenvalue weighted by Crippen LogP contribution is 2.13. The zero-order chi connectivity index (χ0) is 15.6. The second kappa shape index (κ2) is 5.63. The van der Waals surface area contributed by atoms with Crippen LogP contribution in [0, 0.1) is 25.2 Å². The van der Waals surface area contributed by atoms with Crippen LogP contribution in [0.15, 0.2) is 23.2 Å². The lowest BCUT2D eigenvalue weighted by molar-refractivity contribution is 0.580. The molecular weight excluding hydrogens is 290 g/mol. The Bertz CT molecular complexity index is 800. The average Bonchev–Trinajstić information content (AvgIpc) is 2.70. The third kappa shape index (κ3) is 3.09. The third-order valence-electron chi connectivity index (χ3n) is 3.26. The van der Waals surface area contributed by atoms with E-state index in [-0.39, 0.29) is 17.1 Å². The monoisotopic (exact) mass is 305 g/mol. The molecule has 1 N–H and O–H groups in total. The molecule has 0 fully saturated rings. The summed E-state index contributed by atoms with van der Waals surface area (Å²) in [6, 6.07) is 4.57. The standard InChI is InChI=1S/C13H15N5O2S/c1-9-13(10(2)18(3)17-9)8-16-21(19,20)12-5-4-11(6-14)15-7-12/h4-5,7,16H,8H2,1-3H3. The van der Waals surface area contributed by atoms with Crippen LogP contribution in [0.25, 0.3) is 0 Å². The van der Waals surface area contributed by atoms with Crippen LogP contribution < -0.4 is 4.72 Å². The Kier molecular flexibility index (Phi) is 4.06. The number of sulfonamides is 1. The zero-order valence-electron chi connectivity index (χ0n) is 12.0. The Hall–Kier alpha value is -2.24. The number of hydrogen-bond acceptors (Lipinski definition) is 5. The Morgan fingerprint density at radius 2 is 2.10 bits per heavy atom. The van der Waals surface area contributed by atoms with Crippen LogP contribution in [0.5, 0.6) is 0 Å². The number of aromatic nitrogens is 3. The lowest BCUT2D eigenvalue weighted by atomic mass is 10.2. The van der Waals surface area contributed by atoms with Crippen LogP contribution in [0.1, 0.15) is 22.6 Å². The second-order valence-corrected chi connectivity index (χ2v) is 6.36. The Morgan fingerprint density at radius 1 is 1.38 bits per heavy atom. The summed E-state index contributed by atoms with van der Waals surface area (Å²) in [6.45, 7) is 3.88. The fraction of sp³-hybridized carbons (Fsp3) is 0.308. The molecule has 0 saturated heterocycles. The molecule has 0 atom stereocenters. The normalized spacial score (nSPS) is 11.3. The first-order valence-corrected chi connectivity index (χ1v) is 7.68. The molecule has 0 aliphatic carbocycles. The summed E-state index contributed by atoms with van der Waals surface area (Å²) in [5.74, 6) is 0. The number of hydrogen-bond donors (Lipinski definition) is 1. The molecular formula is C13H15N5O2S. The molecule has 8 heteroatoms. The van der Waals surface area contributed by atoms with Gasteiger partial charge >= 0.3 is 0 Å². The summed E-state index contributed by atoms with van der Waals surface area (Å²) in [4.78, 5) is 3.79. The first-order chi connectivity index (χ1) is 9.85. The minimum absolute atomic E-state index is 0.0284. The maximum absolute atomic E-state index is 12.2. The Morgan fingerprint density at radius 3 is 2.57 bits per heavy atom. The van der Waals surface area contributed by atoms with E-state index in [1.54, 1.807) is 4.68 Å².